The van der Waals surface area contributed by atoms with Crippen molar-refractivity contribution < 1.29 is 4.52 Å². The minimum Gasteiger partial charge on any atom is -0.339 e. The number of rotatable bonds is 5. The second kappa shape index (κ2) is 6.12. The summed E-state index contributed by atoms with van der Waals surface area (Å²) in [5, 5.41) is 3.99. The molecule has 1 fully saturated rings. The number of nitrogens with zero attached hydrogens (tertiary/aromatic N) is 3. The molecule has 1 saturated heterocycles. The second-order valence-corrected chi connectivity index (χ2v) is 4.75. The highest BCUT2D eigenvalue weighted by Crippen LogP contribution is 2.20. The second-order valence-electron chi connectivity index (χ2n) is 4.75. The van der Waals surface area contributed by atoms with E-state index in [4.69, 9.17) is 10.3 Å². The largest absolute Gasteiger partial charge is 0.339 e. The molecule has 5 heteroatoms. The summed E-state index contributed by atoms with van der Waals surface area (Å²) in [6.45, 7) is 5.91. The van der Waals surface area contributed by atoms with Gasteiger partial charge in [-0.1, -0.05) is 12.1 Å². The van der Waals surface area contributed by atoms with Crippen molar-refractivity contribution in [1.82, 2.24) is 15.0 Å². The fourth-order valence-electron chi connectivity index (χ4n) is 2.37. The third-order valence-electron chi connectivity index (χ3n) is 3.46. The van der Waals surface area contributed by atoms with Crippen LogP contribution in [0, 0.1) is 5.92 Å². The zero-order valence-electron chi connectivity index (χ0n) is 10.6. The normalized spacial score (nSPS) is 18.7. The predicted molar refractivity (Wildman–Crippen MR) is 65.3 cm³/mol. The van der Waals surface area contributed by atoms with E-state index in [0.717, 1.165) is 56.7 Å². The van der Waals surface area contributed by atoms with Crippen LogP contribution in [0.5, 0.6) is 0 Å². The Morgan fingerprint density at radius 3 is 2.76 bits per heavy atom. The van der Waals surface area contributed by atoms with Crippen LogP contribution < -0.4 is 5.73 Å². The zero-order chi connectivity index (χ0) is 12.1. The predicted octanol–water partition coefficient (Wildman–Crippen LogP) is 1.19. The van der Waals surface area contributed by atoms with Gasteiger partial charge in [-0.25, -0.2) is 0 Å². The van der Waals surface area contributed by atoms with Crippen LogP contribution >= 0.6 is 0 Å². The van der Waals surface area contributed by atoms with Crippen LogP contribution in [0.1, 0.15) is 37.9 Å². The molecule has 0 atom stereocenters. The lowest BCUT2D eigenvalue weighted by atomic mass is 9.94. The highest BCUT2D eigenvalue weighted by atomic mass is 16.5. The van der Waals surface area contributed by atoms with Crippen molar-refractivity contribution in [2.45, 2.75) is 39.2 Å². The van der Waals surface area contributed by atoms with E-state index in [9.17, 15) is 0 Å². The van der Waals surface area contributed by atoms with Gasteiger partial charge in [0.15, 0.2) is 5.82 Å². The van der Waals surface area contributed by atoms with Crippen LogP contribution in [-0.4, -0.2) is 34.7 Å². The average Bonchev–Trinajstić information content (AvgIpc) is 2.80. The number of piperidine rings is 1. The fraction of sp³-hybridized carbons (Fsp3) is 0.833. The van der Waals surface area contributed by atoms with Crippen molar-refractivity contribution in [3.8, 4) is 0 Å². The summed E-state index contributed by atoms with van der Waals surface area (Å²) in [6.07, 6.45) is 4.47. The Morgan fingerprint density at radius 1 is 1.41 bits per heavy atom. The minimum atomic E-state index is 0.734. The maximum Gasteiger partial charge on any atom is 0.226 e. The quantitative estimate of drug-likeness (QED) is 0.834. The molecule has 0 spiro atoms. The van der Waals surface area contributed by atoms with Crippen LogP contribution in [-0.2, 0) is 13.0 Å². The van der Waals surface area contributed by atoms with Gasteiger partial charge in [0.2, 0.25) is 5.89 Å². The molecule has 0 bridgehead atoms. The van der Waals surface area contributed by atoms with Crippen LogP contribution in [0.15, 0.2) is 4.52 Å². The first-order valence-electron chi connectivity index (χ1n) is 6.55. The summed E-state index contributed by atoms with van der Waals surface area (Å²) < 4.78 is 5.11. The molecule has 96 valence electrons. The van der Waals surface area contributed by atoms with Crippen molar-refractivity contribution >= 4 is 0 Å². The van der Waals surface area contributed by atoms with Gasteiger partial charge in [0.1, 0.15) is 0 Å². The average molecular weight is 238 g/mol. The fourth-order valence-corrected chi connectivity index (χ4v) is 2.37. The molecule has 0 amide bonds. The van der Waals surface area contributed by atoms with Crippen molar-refractivity contribution in [2.24, 2.45) is 11.7 Å². The lowest BCUT2D eigenvalue weighted by Gasteiger charge is -2.30. The van der Waals surface area contributed by atoms with Gasteiger partial charge in [0.25, 0.3) is 0 Å². The van der Waals surface area contributed by atoms with Crippen molar-refractivity contribution in [1.29, 1.82) is 0 Å². The van der Waals surface area contributed by atoms with E-state index in [0.29, 0.717) is 0 Å². The molecular weight excluding hydrogens is 216 g/mol. The molecule has 1 aliphatic rings. The van der Waals surface area contributed by atoms with Gasteiger partial charge in [-0.15, -0.1) is 0 Å². The Hall–Kier alpha value is -0.940. The molecule has 2 heterocycles. The Balaban J connectivity index is 1.77. The molecule has 1 aromatic heterocycles. The first-order chi connectivity index (χ1) is 8.31. The van der Waals surface area contributed by atoms with Crippen LogP contribution in [0.3, 0.4) is 0 Å². The number of hydrogen-bond acceptors (Lipinski definition) is 5. The van der Waals surface area contributed by atoms with Gasteiger partial charge in [0, 0.05) is 6.42 Å². The Bertz CT molecular complexity index is 331. The summed E-state index contributed by atoms with van der Waals surface area (Å²) in [7, 11) is 0. The number of likely N-dealkylation sites (tertiary alicyclic amines) is 1. The highest BCUT2D eigenvalue weighted by molar-refractivity contribution is 4.87. The van der Waals surface area contributed by atoms with Crippen LogP contribution in [0.2, 0.25) is 0 Å². The monoisotopic (exact) mass is 238 g/mol. The molecule has 5 nitrogen and oxygen atoms in total. The number of nitrogens with two attached hydrogens (primary N) is 1. The lowest BCUT2D eigenvalue weighted by Crippen LogP contribution is -2.34. The summed E-state index contributed by atoms with van der Waals surface area (Å²) in [4.78, 5) is 6.74. The van der Waals surface area contributed by atoms with E-state index in [2.05, 4.69) is 15.0 Å². The lowest BCUT2D eigenvalue weighted by molar-refractivity contribution is 0.168. The van der Waals surface area contributed by atoms with E-state index >= 15 is 0 Å². The third kappa shape index (κ3) is 3.51. The third-order valence-corrected chi connectivity index (χ3v) is 3.46. The summed E-state index contributed by atoms with van der Waals surface area (Å²) in [5.74, 6) is 2.37. The van der Waals surface area contributed by atoms with Crippen molar-refractivity contribution in [3.05, 3.63) is 11.7 Å². The van der Waals surface area contributed by atoms with Gasteiger partial charge >= 0.3 is 0 Å². The van der Waals surface area contributed by atoms with Gasteiger partial charge in [-0.2, -0.15) is 4.98 Å². The molecule has 2 rings (SSSR count). The highest BCUT2D eigenvalue weighted by Gasteiger charge is 2.19. The SMILES string of the molecule is CCc1nc(CN2CCC(CCN)CC2)no1. The Labute approximate surface area is 102 Å². The summed E-state index contributed by atoms with van der Waals surface area (Å²) in [5.41, 5.74) is 5.59. The standard InChI is InChI=1S/C12H22N4O/c1-2-12-14-11(15-17-12)9-16-7-4-10(3-6-13)5-8-16/h10H,2-9,13H2,1H3. The van der Waals surface area contributed by atoms with Crippen molar-refractivity contribution in [2.75, 3.05) is 19.6 Å². The molecule has 1 aromatic rings. The molecule has 17 heavy (non-hydrogen) atoms. The first kappa shape index (κ1) is 12.5. The van der Waals surface area contributed by atoms with E-state index in [1.165, 1.54) is 12.8 Å². The number of aryl methyl sites for hydroxylation is 1. The van der Waals surface area contributed by atoms with E-state index in [1.54, 1.807) is 0 Å². The molecule has 0 aliphatic carbocycles. The molecule has 2 N–H and O–H groups in total. The Kier molecular flexibility index (Phi) is 4.50. The van der Waals surface area contributed by atoms with Crippen molar-refractivity contribution in [3.63, 3.8) is 0 Å². The maximum absolute atomic E-state index is 5.59. The Morgan fingerprint density at radius 2 is 2.18 bits per heavy atom. The van der Waals surface area contributed by atoms with Crippen LogP contribution in [0.4, 0.5) is 0 Å². The van der Waals surface area contributed by atoms with Crippen LogP contribution in [0.25, 0.3) is 0 Å². The molecule has 0 saturated carbocycles. The van der Waals surface area contributed by atoms with Gasteiger partial charge in [-0.05, 0) is 44.8 Å². The van der Waals surface area contributed by atoms with E-state index in [-0.39, 0.29) is 0 Å². The molecule has 0 radical (unpaired) electrons. The topological polar surface area (TPSA) is 68.2 Å². The molecule has 0 aromatic carbocycles. The molecule has 1 aliphatic heterocycles. The smallest absolute Gasteiger partial charge is 0.226 e. The zero-order valence-corrected chi connectivity index (χ0v) is 10.6. The number of hydrogen-bond donors (Lipinski definition) is 1. The number of aromatic nitrogens is 2. The summed E-state index contributed by atoms with van der Waals surface area (Å²) >= 11 is 0. The van der Waals surface area contributed by atoms with Gasteiger partial charge < -0.3 is 10.3 Å². The molecule has 0 unspecified atom stereocenters. The first-order valence-corrected chi connectivity index (χ1v) is 6.55. The minimum absolute atomic E-state index is 0.734. The van der Waals surface area contributed by atoms with Gasteiger partial charge in [-0.3, -0.25) is 4.90 Å². The van der Waals surface area contributed by atoms with E-state index in [1.807, 2.05) is 6.92 Å². The molecular formula is C12H22N4O. The van der Waals surface area contributed by atoms with E-state index < -0.39 is 0 Å². The van der Waals surface area contributed by atoms with Gasteiger partial charge in [0.05, 0.1) is 6.54 Å². The summed E-state index contributed by atoms with van der Waals surface area (Å²) in [6, 6.07) is 0. The maximum atomic E-state index is 5.59.